The van der Waals surface area contributed by atoms with Gasteiger partial charge in [0.25, 0.3) is 0 Å². The number of ether oxygens (including phenoxy) is 1. The van der Waals surface area contributed by atoms with Crippen molar-refractivity contribution in [2.45, 2.75) is 24.8 Å². The second-order valence-electron chi connectivity index (χ2n) is 4.41. The smallest absolute Gasteiger partial charge is 0.338 e. The van der Waals surface area contributed by atoms with Gasteiger partial charge in [-0.25, -0.2) is 17.9 Å². The predicted molar refractivity (Wildman–Crippen MR) is 83.8 cm³/mol. The molecule has 0 spiro atoms. The molecule has 6 nitrogen and oxygen atoms in total. The lowest BCUT2D eigenvalue weighted by Gasteiger charge is -2.13. The number of hydrogen-bond donors (Lipinski definition) is 2. The molecule has 0 heterocycles. The van der Waals surface area contributed by atoms with Crippen LogP contribution in [0.1, 0.15) is 24.2 Å². The largest absolute Gasteiger partial charge is 0.462 e. The van der Waals surface area contributed by atoms with E-state index in [0.717, 1.165) is 0 Å². The summed E-state index contributed by atoms with van der Waals surface area (Å²) in [5.41, 5.74) is 0.297. The SMILES string of the molecule is CCOC(=O)c1ccc(S(=O)(=O)NCC(C)NC)c(Br)c1. The normalized spacial score (nSPS) is 13.0. The zero-order chi connectivity index (χ0) is 16.0. The van der Waals surface area contributed by atoms with Crippen LogP contribution in [0, 0.1) is 0 Å². The molecule has 118 valence electrons. The first-order valence-electron chi connectivity index (χ1n) is 6.45. The fourth-order valence-electron chi connectivity index (χ4n) is 1.47. The van der Waals surface area contributed by atoms with Gasteiger partial charge in [-0.3, -0.25) is 0 Å². The molecule has 0 aliphatic carbocycles. The average molecular weight is 379 g/mol. The van der Waals surface area contributed by atoms with Gasteiger partial charge in [0.05, 0.1) is 17.1 Å². The van der Waals surface area contributed by atoms with E-state index in [0.29, 0.717) is 10.0 Å². The molecular weight excluding hydrogens is 360 g/mol. The topological polar surface area (TPSA) is 84.5 Å². The molecule has 0 saturated heterocycles. The first kappa shape index (κ1) is 18.1. The zero-order valence-electron chi connectivity index (χ0n) is 12.1. The first-order valence-corrected chi connectivity index (χ1v) is 8.73. The minimum absolute atomic E-state index is 0.0114. The van der Waals surface area contributed by atoms with Gasteiger partial charge in [0.15, 0.2) is 0 Å². The summed E-state index contributed by atoms with van der Waals surface area (Å²) < 4.78 is 32.1. The molecule has 0 aliphatic heterocycles. The van der Waals surface area contributed by atoms with Crippen molar-refractivity contribution in [2.75, 3.05) is 20.2 Å². The highest BCUT2D eigenvalue weighted by Gasteiger charge is 2.19. The van der Waals surface area contributed by atoms with Gasteiger partial charge in [-0.15, -0.1) is 0 Å². The summed E-state index contributed by atoms with van der Waals surface area (Å²) in [4.78, 5) is 11.7. The van der Waals surface area contributed by atoms with Gasteiger partial charge < -0.3 is 10.1 Å². The van der Waals surface area contributed by atoms with Crippen LogP contribution in [0.3, 0.4) is 0 Å². The van der Waals surface area contributed by atoms with Crippen molar-refractivity contribution in [3.05, 3.63) is 28.2 Å². The fraction of sp³-hybridized carbons (Fsp3) is 0.462. The minimum atomic E-state index is -3.64. The van der Waals surface area contributed by atoms with Crippen LogP contribution in [-0.4, -0.2) is 40.6 Å². The number of hydrogen-bond acceptors (Lipinski definition) is 5. The Morgan fingerprint density at radius 3 is 2.62 bits per heavy atom. The van der Waals surface area contributed by atoms with Gasteiger partial charge in [-0.1, -0.05) is 0 Å². The number of esters is 1. The Hall–Kier alpha value is -0.960. The van der Waals surface area contributed by atoms with Gasteiger partial charge in [0.2, 0.25) is 10.0 Å². The Labute approximate surface area is 133 Å². The molecule has 0 fully saturated rings. The van der Waals surface area contributed by atoms with E-state index < -0.39 is 16.0 Å². The summed E-state index contributed by atoms with van der Waals surface area (Å²) in [6.07, 6.45) is 0. The monoisotopic (exact) mass is 378 g/mol. The number of likely N-dealkylation sites (N-methyl/N-ethyl adjacent to an activating group) is 1. The molecule has 0 aromatic heterocycles. The maximum atomic E-state index is 12.2. The quantitative estimate of drug-likeness (QED) is 0.702. The third-order valence-electron chi connectivity index (χ3n) is 2.80. The van der Waals surface area contributed by atoms with E-state index in [1.807, 2.05) is 6.92 Å². The molecule has 0 aliphatic rings. The van der Waals surface area contributed by atoms with Crippen molar-refractivity contribution in [3.8, 4) is 0 Å². The number of carbonyl (C=O) groups excluding carboxylic acids is 1. The molecule has 0 saturated carbocycles. The standard InChI is InChI=1S/C13H19BrN2O4S/c1-4-20-13(17)10-5-6-12(11(14)7-10)21(18,19)16-8-9(2)15-3/h5-7,9,15-16H,4,8H2,1-3H3. The maximum Gasteiger partial charge on any atom is 0.338 e. The predicted octanol–water partition coefficient (Wildman–Crippen LogP) is 1.51. The lowest BCUT2D eigenvalue weighted by atomic mass is 10.2. The number of benzene rings is 1. The van der Waals surface area contributed by atoms with Crippen molar-refractivity contribution in [1.29, 1.82) is 0 Å². The summed E-state index contributed by atoms with van der Waals surface area (Å²) in [7, 11) is -1.89. The Balaban J connectivity index is 2.96. The van der Waals surface area contributed by atoms with E-state index >= 15 is 0 Å². The molecular formula is C13H19BrN2O4S. The van der Waals surface area contributed by atoms with Crippen molar-refractivity contribution in [3.63, 3.8) is 0 Å². The van der Waals surface area contributed by atoms with Crippen LogP contribution in [0.15, 0.2) is 27.6 Å². The molecule has 1 aromatic rings. The zero-order valence-corrected chi connectivity index (χ0v) is 14.5. The second kappa shape index (κ2) is 7.88. The molecule has 0 radical (unpaired) electrons. The van der Waals surface area contributed by atoms with E-state index in [9.17, 15) is 13.2 Å². The van der Waals surface area contributed by atoms with Crippen LogP contribution < -0.4 is 10.0 Å². The van der Waals surface area contributed by atoms with Gasteiger partial charge >= 0.3 is 5.97 Å². The van der Waals surface area contributed by atoms with Crippen LogP contribution in [-0.2, 0) is 14.8 Å². The number of rotatable bonds is 7. The summed E-state index contributed by atoms with van der Waals surface area (Å²) in [6, 6.07) is 4.26. The molecule has 8 heteroatoms. The van der Waals surface area contributed by atoms with Gasteiger partial charge in [0, 0.05) is 17.1 Å². The van der Waals surface area contributed by atoms with Crippen molar-refractivity contribution < 1.29 is 17.9 Å². The third-order valence-corrected chi connectivity index (χ3v) is 5.21. The Kier molecular flexibility index (Phi) is 6.79. The van der Waals surface area contributed by atoms with Gasteiger partial charge in [-0.05, 0) is 55.0 Å². The molecule has 2 N–H and O–H groups in total. The van der Waals surface area contributed by atoms with E-state index in [-0.39, 0.29) is 24.1 Å². The molecule has 1 unspecified atom stereocenters. The molecule has 0 amide bonds. The van der Waals surface area contributed by atoms with Crippen molar-refractivity contribution >= 4 is 31.9 Å². The molecule has 0 bridgehead atoms. The summed E-state index contributed by atoms with van der Waals surface area (Å²) in [5.74, 6) is -0.487. The second-order valence-corrected chi connectivity index (χ2v) is 7.00. The van der Waals surface area contributed by atoms with Crippen LogP contribution in [0.25, 0.3) is 0 Å². The lowest BCUT2D eigenvalue weighted by molar-refractivity contribution is 0.0526. The summed E-state index contributed by atoms with van der Waals surface area (Å²) >= 11 is 3.18. The molecule has 1 rings (SSSR count). The highest BCUT2D eigenvalue weighted by Crippen LogP contribution is 2.23. The summed E-state index contributed by atoms with van der Waals surface area (Å²) in [5, 5.41) is 2.94. The highest BCUT2D eigenvalue weighted by atomic mass is 79.9. The fourth-order valence-corrected chi connectivity index (χ4v) is 3.68. The van der Waals surface area contributed by atoms with Crippen LogP contribution in [0.4, 0.5) is 0 Å². The van der Waals surface area contributed by atoms with E-state index in [2.05, 4.69) is 26.0 Å². The number of carbonyl (C=O) groups is 1. The number of sulfonamides is 1. The van der Waals surface area contributed by atoms with E-state index in [1.54, 1.807) is 14.0 Å². The first-order chi connectivity index (χ1) is 9.81. The lowest BCUT2D eigenvalue weighted by Crippen LogP contribution is -2.37. The van der Waals surface area contributed by atoms with Crippen LogP contribution in [0.5, 0.6) is 0 Å². The van der Waals surface area contributed by atoms with Crippen molar-refractivity contribution in [1.82, 2.24) is 10.0 Å². The molecule has 1 aromatic carbocycles. The molecule has 1 atom stereocenters. The van der Waals surface area contributed by atoms with Gasteiger partial charge in [0.1, 0.15) is 0 Å². The Bertz CT molecular complexity index is 604. The van der Waals surface area contributed by atoms with Crippen molar-refractivity contribution in [2.24, 2.45) is 0 Å². The van der Waals surface area contributed by atoms with E-state index in [4.69, 9.17) is 4.74 Å². The maximum absolute atomic E-state index is 12.2. The van der Waals surface area contributed by atoms with Crippen LogP contribution >= 0.6 is 15.9 Å². The highest BCUT2D eigenvalue weighted by molar-refractivity contribution is 9.10. The average Bonchev–Trinajstić information content (AvgIpc) is 2.44. The van der Waals surface area contributed by atoms with Gasteiger partial charge in [-0.2, -0.15) is 0 Å². The molecule has 21 heavy (non-hydrogen) atoms. The Morgan fingerprint density at radius 1 is 1.43 bits per heavy atom. The van der Waals surface area contributed by atoms with Crippen LogP contribution in [0.2, 0.25) is 0 Å². The van der Waals surface area contributed by atoms with E-state index in [1.165, 1.54) is 18.2 Å². The third kappa shape index (κ3) is 5.06. The number of nitrogens with one attached hydrogen (secondary N) is 2. The number of halogens is 1. The summed E-state index contributed by atoms with van der Waals surface area (Å²) in [6.45, 7) is 4.10. The minimum Gasteiger partial charge on any atom is -0.462 e. The Morgan fingerprint density at radius 2 is 2.10 bits per heavy atom.